The molecule has 1 saturated carbocycles. The fourth-order valence-electron chi connectivity index (χ4n) is 2.81. The zero-order valence-electron chi connectivity index (χ0n) is 12.4. The average molecular weight is 262 g/mol. The smallest absolute Gasteiger partial charge is 0.223 e. The number of nitrogens with two attached hydrogens (primary N) is 1. The molecular formula is C15H26N4. The van der Waals surface area contributed by atoms with E-state index in [0.717, 1.165) is 30.4 Å². The van der Waals surface area contributed by atoms with Gasteiger partial charge in [-0.25, -0.2) is 9.97 Å². The Morgan fingerprint density at radius 3 is 2.58 bits per heavy atom. The van der Waals surface area contributed by atoms with Crippen LogP contribution in [0, 0.1) is 12.3 Å². The van der Waals surface area contributed by atoms with Gasteiger partial charge in [-0.15, -0.1) is 0 Å². The molecular weight excluding hydrogens is 236 g/mol. The van der Waals surface area contributed by atoms with Crippen LogP contribution in [0.25, 0.3) is 0 Å². The molecule has 0 aromatic carbocycles. The summed E-state index contributed by atoms with van der Waals surface area (Å²) in [6, 6.07) is 2.06. The first kappa shape index (κ1) is 14.3. The lowest BCUT2D eigenvalue weighted by Gasteiger charge is -2.27. The number of anilines is 1. The van der Waals surface area contributed by atoms with E-state index < -0.39 is 0 Å². The Morgan fingerprint density at radius 2 is 2.00 bits per heavy atom. The van der Waals surface area contributed by atoms with Crippen LogP contribution in [0.5, 0.6) is 0 Å². The number of hydrogen-bond acceptors (Lipinski definition) is 4. The summed E-state index contributed by atoms with van der Waals surface area (Å²) in [5.41, 5.74) is 8.34. The molecule has 1 fully saturated rings. The van der Waals surface area contributed by atoms with Crippen molar-refractivity contribution in [1.82, 2.24) is 9.97 Å². The summed E-state index contributed by atoms with van der Waals surface area (Å²) < 4.78 is 0. The summed E-state index contributed by atoms with van der Waals surface area (Å²) >= 11 is 0. The molecule has 2 rings (SSSR count). The lowest BCUT2D eigenvalue weighted by Crippen LogP contribution is -2.35. The molecule has 1 aliphatic carbocycles. The van der Waals surface area contributed by atoms with Gasteiger partial charge in [-0.3, -0.25) is 0 Å². The summed E-state index contributed by atoms with van der Waals surface area (Å²) in [6.45, 7) is 7.98. The quantitative estimate of drug-likeness (QED) is 0.856. The number of nitrogens with one attached hydrogen (secondary N) is 1. The largest absolute Gasteiger partial charge is 0.354 e. The van der Waals surface area contributed by atoms with E-state index in [0.29, 0.717) is 5.92 Å². The van der Waals surface area contributed by atoms with Crippen LogP contribution in [-0.2, 0) is 0 Å². The summed E-state index contributed by atoms with van der Waals surface area (Å²) in [4.78, 5) is 9.08. The Kier molecular flexibility index (Phi) is 4.40. The molecule has 0 atom stereocenters. The van der Waals surface area contributed by atoms with Gasteiger partial charge < -0.3 is 11.1 Å². The lowest BCUT2D eigenvalue weighted by atomic mass is 9.86. The van der Waals surface area contributed by atoms with E-state index in [4.69, 9.17) is 5.73 Å². The molecule has 1 aliphatic rings. The molecule has 1 aromatic rings. The molecule has 3 N–H and O–H groups in total. The molecule has 4 heteroatoms. The SMILES string of the molecule is Cc1cc(C(C)C)nc(NCC2(CN)CCCC2)n1. The first-order valence-electron chi connectivity index (χ1n) is 7.34. The third-order valence-corrected chi connectivity index (χ3v) is 4.18. The molecule has 1 heterocycles. The first-order chi connectivity index (χ1) is 9.04. The molecule has 0 unspecified atom stereocenters. The zero-order valence-corrected chi connectivity index (χ0v) is 12.4. The number of rotatable bonds is 5. The summed E-state index contributed by atoms with van der Waals surface area (Å²) in [5, 5.41) is 3.41. The van der Waals surface area contributed by atoms with Crippen LogP contribution >= 0.6 is 0 Å². The summed E-state index contributed by atoms with van der Waals surface area (Å²) in [5.74, 6) is 1.18. The van der Waals surface area contributed by atoms with Crippen molar-refractivity contribution in [3.63, 3.8) is 0 Å². The van der Waals surface area contributed by atoms with Crippen molar-refractivity contribution in [3.05, 3.63) is 17.5 Å². The number of nitrogens with zero attached hydrogens (tertiary/aromatic N) is 2. The topological polar surface area (TPSA) is 63.8 Å². The molecule has 1 aromatic heterocycles. The van der Waals surface area contributed by atoms with Crippen LogP contribution in [0.4, 0.5) is 5.95 Å². The second-order valence-electron chi connectivity index (χ2n) is 6.18. The van der Waals surface area contributed by atoms with Crippen molar-refractivity contribution in [1.29, 1.82) is 0 Å². The molecule has 0 bridgehead atoms. The lowest BCUT2D eigenvalue weighted by molar-refractivity contribution is 0.331. The van der Waals surface area contributed by atoms with Gasteiger partial charge in [0.1, 0.15) is 0 Å². The van der Waals surface area contributed by atoms with E-state index >= 15 is 0 Å². The molecule has 0 radical (unpaired) electrons. The van der Waals surface area contributed by atoms with Gasteiger partial charge in [0.05, 0.1) is 0 Å². The number of aryl methyl sites for hydroxylation is 1. The predicted molar refractivity (Wildman–Crippen MR) is 79.3 cm³/mol. The van der Waals surface area contributed by atoms with Crippen molar-refractivity contribution >= 4 is 5.95 Å². The van der Waals surface area contributed by atoms with E-state index in [1.165, 1.54) is 25.7 Å². The number of hydrogen-bond donors (Lipinski definition) is 2. The fourth-order valence-corrected chi connectivity index (χ4v) is 2.81. The highest BCUT2D eigenvalue weighted by Gasteiger charge is 2.32. The van der Waals surface area contributed by atoms with Crippen molar-refractivity contribution < 1.29 is 0 Å². The van der Waals surface area contributed by atoms with E-state index in [1.54, 1.807) is 0 Å². The Hall–Kier alpha value is -1.16. The fraction of sp³-hybridized carbons (Fsp3) is 0.733. The predicted octanol–water partition coefficient (Wildman–Crippen LogP) is 2.84. The number of aromatic nitrogens is 2. The molecule has 0 saturated heterocycles. The maximum atomic E-state index is 5.96. The van der Waals surface area contributed by atoms with Crippen LogP contribution in [0.3, 0.4) is 0 Å². The van der Waals surface area contributed by atoms with E-state index in [9.17, 15) is 0 Å². The normalized spacial score (nSPS) is 17.9. The van der Waals surface area contributed by atoms with Crippen molar-refractivity contribution in [2.24, 2.45) is 11.1 Å². The van der Waals surface area contributed by atoms with E-state index in [1.807, 2.05) is 6.92 Å². The minimum Gasteiger partial charge on any atom is -0.354 e. The van der Waals surface area contributed by atoms with Gasteiger partial charge in [0, 0.05) is 17.9 Å². The Balaban J connectivity index is 2.06. The van der Waals surface area contributed by atoms with Gasteiger partial charge in [0.2, 0.25) is 5.95 Å². The molecule has 0 amide bonds. The first-order valence-corrected chi connectivity index (χ1v) is 7.34. The van der Waals surface area contributed by atoms with Crippen molar-refractivity contribution in [2.75, 3.05) is 18.4 Å². The van der Waals surface area contributed by atoms with Gasteiger partial charge >= 0.3 is 0 Å². The van der Waals surface area contributed by atoms with E-state index in [-0.39, 0.29) is 5.41 Å². The van der Waals surface area contributed by atoms with Gasteiger partial charge in [-0.2, -0.15) is 0 Å². The average Bonchev–Trinajstić information content (AvgIpc) is 2.85. The maximum Gasteiger partial charge on any atom is 0.223 e. The van der Waals surface area contributed by atoms with Gasteiger partial charge in [-0.1, -0.05) is 26.7 Å². The zero-order chi connectivity index (χ0) is 13.9. The highest BCUT2D eigenvalue weighted by molar-refractivity contribution is 5.29. The highest BCUT2D eigenvalue weighted by atomic mass is 15.1. The van der Waals surface area contributed by atoms with Crippen molar-refractivity contribution in [3.8, 4) is 0 Å². The van der Waals surface area contributed by atoms with Crippen LogP contribution < -0.4 is 11.1 Å². The van der Waals surface area contributed by atoms with Crippen LogP contribution in [-0.4, -0.2) is 23.1 Å². The van der Waals surface area contributed by atoms with Crippen molar-refractivity contribution in [2.45, 2.75) is 52.4 Å². The summed E-state index contributed by atoms with van der Waals surface area (Å²) in [6.07, 6.45) is 5.04. The molecule has 0 spiro atoms. The minimum atomic E-state index is 0.255. The molecule has 4 nitrogen and oxygen atoms in total. The van der Waals surface area contributed by atoms with E-state index in [2.05, 4.69) is 35.2 Å². The Morgan fingerprint density at radius 1 is 1.32 bits per heavy atom. The second-order valence-corrected chi connectivity index (χ2v) is 6.18. The molecule has 106 valence electrons. The van der Waals surface area contributed by atoms with Crippen LogP contribution in [0.15, 0.2) is 6.07 Å². The summed E-state index contributed by atoms with van der Waals surface area (Å²) in [7, 11) is 0. The second kappa shape index (κ2) is 5.87. The van der Waals surface area contributed by atoms with Gasteiger partial charge in [-0.05, 0) is 43.7 Å². The monoisotopic (exact) mass is 262 g/mol. The third kappa shape index (κ3) is 3.44. The minimum absolute atomic E-state index is 0.255. The highest BCUT2D eigenvalue weighted by Crippen LogP contribution is 2.37. The standard InChI is InChI=1S/C15H26N4/c1-11(2)13-8-12(3)18-14(19-13)17-10-15(9-16)6-4-5-7-15/h8,11H,4-7,9-10,16H2,1-3H3,(H,17,18,19). The van der Waals surface area contributed by atoms with Crippen LogP contribution in [0.1, 0.15) is 56.8 Å². The molecule has 19 heavy (non-hydrogen) atoms. The third-order valence-electron chi connectivity index (χ3n) is 4.18. The van der Waals surface area contributed by atoms with Gasteiger partial charge in [0.15, 0.2) is 0 Å². The Bertz CT molecular complexity index is 422. The Labute approximate surface area is 116 Å². The van der Waals surface area contributed by atoms with Crippen LogP contribution in [0.2, 0.25) is 0 Å². The maximum absolute atomic E-state index is 5.96. The van der Waals surface area contributed by atoms with Gasteiger partial charge in [0.25, 0.3) is 0 Å². The molecule has 0 aliphatic heterocycles.